The van der Waals surface area contributed by atoms with Gasteiger partial charge in [-0.15, -0.1) is 0 Å². The summed E-state index contributed by atoms with van der Waals surface area (Å²) in [6.45, 7) is 5.64. The molecule has 1 atom stereocenters. The van der Waals surface area contributed by atoms with Gasteiger partial charge < -0.3 is 10.1 Å². The molecule has 1 aromatic heterocycles. The van der Waals surface area contributed by atoms with Gasteiger partial charge in [-0.2, -0.15) is 8.75 Å². The summed E-state index contributed by atoms with van der Waals surface area (Å²) < 4.78 is 13.8. The molecule has 0 saturated heterocycles. The highest BCUT2D eigenvalue weighted by Gasteiger charge is 2.15. The van der Waals surface area contributed by atoms with E-state index in [4.69, 9.17) is 4.74 Å². The number of aromatic nitrogens is 2. The van der Waals surface area contributed by atoms with Crippen LogP contribution in [0.5, 0.6) is 5.75 Å². The van der Waals surface area contributed by atoms with Crippen LogP contribution in [0.3, 0.4) is 0 Å². The lowest BCUT2D eigenvalue weighted by Crippen LogP contribution is -2.22. The molecule has 96 valence electrons. The monoisotopic (exact) mass is 263 g/mol. The molecule has 0 amide bonds. The zero-order chi connectivity index (χ0) is 12.8. The molecule has 0 saturated carbocycles. The Hall–Kier alpha value is -1.46. The second-order valence-electron chi connectivity index (χ2n) is 3.83. The van der Waals surface area contributed by atoms with Crippen LogP contribution in [0.4, 0.5) is 0 Å². The molecule has 2 rings (SSSR count). The van der Waals surface area contributed by atoms with Crippen LogP contribution in [-0.4, -0.2) is 21.9 Å². The van der Waals surface area contributed by atoms with Crippen molar-refractivity contribution in [3.63, 3.8) is 0 Å². The molecular formula is C13H17N3OS. The number of hydrogen-bond donors (Lipinski definition) is 1. The highest BCUT2D eigenvalue weighted by atomic mass is 32.1. The van der Waals surface area contributed by atoms with E-state index in [1.54, 1.807) is 0 Å². The molecule has 1 aromatic carbocycles. The third-order valence-corrected chi connectivity index (χ3v) is 3.10. The molecule has 4 nitrogen and oxygen atoms in total. The van der Waals surface area contributed by atoms with Gasteiger partial charge in [0.25, 0.3) is 0 Å². The number of nitrogens with one attached hydrogen (secondary N) is 1. The SMILES string of the molecule is CCNC(c1ccc(OCC)cc1)c1cnsn1. The summed E-state index contributed by atoms with van der Waals surface area (Å²) in [4.78, 5) is 0. The lowest BCUT2D eigenvalue weighted by atomic mass is 10.0. The first-order valence-electron chi connectivity index (χ1n) is 6.08. The van der Waals surface area contributed by atoms with Crippen LogP contribution < -0.4 is 10.1 Å². The van der Waals surface area contributed by atoms with E-state index in [9.17, 15) is 0 Å². The van der Waals surface area contributed by atoms with Gasteiger partial charge in [0.15, 0.2) is 0 Å². The first-order chi connectivity index (χ1) is 8.85. The second-order valence-corrected chi connectivity index (χ2v) is 4.38. The zero-order valence-corrected chi connectivity index (χ0v) is 11.4. The third-order valence-electron chi connectivity index (χ3n) is 2.61. The third kappa shape index (κ3) is 3.05. The van der Waals surface area contributed by atoms with E-state index in [0.29, 0.717) is 6.61 Å². The van der Waals surface area contributed by atoms with E-state index >= 15 is 0 Å². The van der Waals surface area contributed by atoms with Crippen molar-refractivity contribution >= 4 is 11.7 Å². The van der Waals surface area contributed by atoms with Crippen LogP contribution in [0.25, 0.3) is 0 Å². The van der Waals surface area contributed by atoms with Gasteiger partial charge in [0.05, 0.1) is 36.3 Å². The Morgan fingerprint density at radius 3 is 2.61 bits per heavy atom. The molecule has 18 heavy (non-hydrogen) atoms. The number of nitrogens with zero attached hydrogens (tertiary/aromatic N) is 2. The van der Waals surface area contributed by atoms with Gasteiger partial charge in [-0.1, -0.05) is 19.1 Å². The van der Waals surface area contributed by atoms with Gasteiger partial charge in [-0.25, -0.2) is 0 Å². The minimum absolute atomic E-state index is 0.101. The molecule has 1 heterocycles. The first-order valence-corrected chi connectivity index (χ1v) is 6.81. The first kappa shape index (κ1) is 13.0. The standard InChI is InChI=1S/C13H17N3OS/c1-3-14-13(12-9-15-18-16-12)10-5-7-11(8-6-10)17-4-2/h5-9,13-14H,3-4H2,1-2H3. The van der Waals surface area contributed by atoms with E-state index in [-0.39, 0.29) is 6.04 Å². The minimum Gasteiger partial charge on any atom is -0.494 e. The van der Waals surface area contributed by atoms with Crippen LogP contribution in [0.2, 0.25) is 0 Å². The zero-order valence-electron chi connectivity index (χ0n) is 10.6. The smallest absolute Gasteiger partial charge is 0.119 e. The van der Waals surface area contributed by atoms with Gasteiger partial charge in [-0.3, -0.25) is 0 Å². The molecule has 0 aliphatic rings. The Kier molecular flexibility index (Phi) is 4.66. The van der Waals surface area contributed by atoms with Gasteiger partial charge >= 0.3 is 0 Å². The van der Waals surface area contributed by atoms with E-state index < -0.39 is 0 Å². The number of ether oxygens (including phenoxy) is 1. The van der Waals surface area contributed by atoms with Gasteiger partial charge in [0, 0.05) is 0 Å². The molecule has 0 spiro atoms. The predicted molar refractivity (Wildman–Crippen MR) is 73.0 cm³/mol. The maximum Gasteiger partial charge on any atom is 0.119 e. The molecule has 0 aliphatic heterocycles. The quantitative estimate of drug-likeness (QED) is 0.870. The highest BCUT2D eigenvalue weighted by molar-refractivity contribution is 6.99. The average Bonchev–Trinajstić information content (AvgIpc) is 2.91. The van der Waals surface area contributed by atoms with Crippen LogP contribution in [-0.2, 0) is 0 Å². The summed E-state index contributed by atoms with van der Waals surface area (Å²) >= 11 is 1.24. The van der Waals surface area contributed by atoms with Gasteiger partial charge in [-0.05, 0) is 31.2 Å². The Bertz CT molecular complexity index is 456. The highest BCUT2D eigenvalue weighted by Crippen LogP contribution is 2.23. The normalized spacial score (nSPS) is 12.3. The van der Waals surface area contributed by atoms with E-state index in [0.717, 1.165) is 18.0 Å². The molecule has 0 aliphatic carbocycles. The molecule has 0 fully saturated rings. The molecule has 5 heteroatoms. The minimum atomic E-state index is 0.101. The van der Waals surface area contributed by atoms with Crippen molar-refractivity contribution in [2.45, 2.75) is 19.9 Å². The van der Waals surface area contributed by atoms with E-state index in [2.05, 4.69) is 33.1 Å². The van der Waals surface area contributed by atoms with Crippen molar-refractivity contribution in [1.82, 2.24) is 14.1 Å². The molecule has 2 aromatic rings. The topological polar surface area (TPSA) is 47.0 Å². The number of hydrogen-bond acceptors (Lipinski definition) is 5. The van der Waals surface area contributed by atoms with Crippen molar-refractivity contribution in [3.05, 3.63) is 41.7 Å². The Balaban J connectivity index is 2.20. The molecule has 0 radical (unpaired) electrons. The number of benzene rings is 1. The van der Waals surface area contributed by atoms with E-state index in [1.165, 1.54) is 17.3 Å². The average molecular weight is 263 g/mol. The maximum absolute atomic E-state index is 5.44. The van der Waals surface area contributed by atoms with E-state index in [1.807, 2.05) is 25.3 Å². The fourth-order valence-electron chi connectivity index (χ4n) is 1.82. The molecular weight excluding hydrogens is 246 g/mol. The van der Waals surface area contributed by atoms with Crippen LogP contribution >= 0.6 is 11.7 Å². The fourth-order valence-corrected chi connectivity index (χ4v) is 2.27. The van der Waals surface area contributed by atoms with Crippen LogP contribution in [0, 0.1) is 0 Å². The molecule has 1 N–H and O–H groups in total. The Morgan fingerprint density at radius 2 is 2.06 bits per heavy atom. The van der Waals surface area contributed by atoms with Gasteiger partial charge in [0.1, 0.15) is 5.75 Å². The summed E-state index contributed by atoms with van der Waals surface area (Å²) in [5, 5.41) is 3.42. The lowest BCUT2D eigenvalue weighted by Gasteiger charge is -2.16. The van der Waals surface area contributed by atoms with Gasteiger partial charge in [0.2, 0.25) is 0 Å². The summed E-state index contributed by atoms with van der Waals surface area (Å²) in [6, 6.07) is 8.21. The van der Waals surface area contributed by atoms with Crippen molar-refractivity contribution in [2.75, 3.05) is 13.2 Å². The summed E-state index contributed by atoms with van der Waals surface area (Å²) in [6.07, 6.45) is 1.81. The summed E-state index contributed by atoms with van der Waals surface area (Å²) in [5.74, 6) is 0.896. The van der Waals surface area contributed by atoms with Crippen LogP contribution in [0.15, 0.2) is 30.5 Å². The Labute approximate surface area is 111 Å². The van der Waals surface area contributed by atoms with Crippen molar-refractivity contribution in [2.24, 2.45) is 0 Å². The lowest BCUT2D eigenvalue weighted by molar-refractivity contribution is 0.340. The van der Waals surface area contributed by atoms with Crippen molar-refractivity contribution < 1.29 is 4.74 Å². The largest absolute Gasteiger partial charge is 0.494 e. The van der Waals surface area contributed by atoms with Crippen LogP contribution in [0.1, 0.15) is 31.1 Å². The number of rotatable bonds is 6. The predicted octanol–water partition coefficient (Wildman–Crippen LogP) is 2.64. The molecule has 1 unspecified atom stereocenters. The summed E-state index contributed by atoms with van der Waals surface area (Å²) in [5.41, 5.74) is 2.14. The Morgan fingerprint density at radius 1 is 1.28 bits per heavy atom. The summed E-state index contributed by atoms with van der Waals surface area (Å²) in [7, 11) is 0. The van der Waals surface area contributed by atoms with Crippen molar-refractivity contribution in [3.8, 4) is 5.75 Å². The maximum atomic E-state index is 5.44. The molecule has 0 bridgehead atoms. The second kappa shape index (κ2) is 6.47. The fraction of sp³-hybridized carbons (Fsp3) is 0.385. The van der Waals surface area contributed by atoms with Crippen molar-refractivity contribution in [1.29, 1.82) is 0 Å².